The molecule has 7 heteroatoms. The van der Waals surface area contributed by atoms with Gasteiger partial charge in [-0.05, 0) is 54.2 Å². The third-order valence-electron chi connectivity index (χ3n) is 6.06. The molecule has 0 bridgehead atoms. The lowest BCUT2D eigenvalue weighted by Gasteiger charge is -2.23. The predicted molar refractivity (Wildman–Crippen MR) is 130 cm³/mol. The summed E-state index contributed by atoms with van der Waals surface area (Å²) in [4.78, 5) is 20.0. The van der Waals surface area contributed by atoms with Crippen LogP contribution in [0.4, 0.5) is 0 Å². The number of aromatic nitrogens is 2. The van der Waals surface area contributed by atoms with Crippen molar-refractivity contribution in [3.63, 3.8) is 0 Å². The molecule has 0 aliphatic heterocycles. The van der Waals surface area contributed by atoms with Gasteiger partial charge in [0.25, 0.3) is 5.56 Å². The van der Waals surface area contributed by atoms with Crippen LogP contribution in [0.1, 0.15) is 28.0 Å². The molecule has 2 aromatic heterocycles. The minimum Gasteiger partial charge on any atom is -0.497 e. The van der Waals surface area contributed by atoms with E-state index in [1.807, 2.05) is 36.4 Å². The molecule has 0 fully saturated rings. The number of fused-ring (bicyclic) bond motifs is 3. The van der Waals surface area contributed by atoms with Crippen LogP contribution < -0.4 is 15.6 Å². The predicted octanol–water partition coefficient (Wildman–Crippen LogP) is 4.82. The van der Waals surface area contributed by atoms with Gasteiger partial charge < -0.3 is 10.1 Å². The van der Waals surface area contributed by atoms with Crippen molar-refractivity contribution in [1.82, 2.24) is 14.9 Å². The van der Waals surface area contributed by atoms with Gasteiger partial charge in [-0.25, -0.2) is 4.98 Å². The van der Waals surface area contributed by atoms with Gasteiger partial charge in [0.05, 0.1) is 25.4 Å². The van der Waals surface area contributed by atoms with Crippen LogP contribution in [0.5, 0.6) is 5.75 Å². The summed E-state index contributed by atoms with van der Waals surface area (Å²) in [5.41, 5.74) is 3.32. The lowest BCUT2D eigenvalue weighted by Crippen LogP contribution is -2.33. The van der Waals surface area contributed by atoms with Crippen LogP contribution in [0.25, 0.3) is 10.2 Å². The van der Waals surface area contributed by atoms with Gasteiger partial charge in [0, 0.05) is 22.5 Å². The van der Waals surface area contributed by atoms with E-state index in [0.717, 1.165) is 47.3 Å². The Hall–Kier alpha value is -2.67. The fourth-order valence-electron chi connectivity index (χ4n) is 4.34. The molecule has 1 aliphatic carbocycles. The highest BCUT2D eigenvalue weighted by Crippen LogP contribution is 2.34. The minimum absolute atomic E-state index is 0.0233. The molecule has 164 valence electrons. The molecule has 4 aromatic rings. The summed E-state index contributed by atoms with van der Waals surface area (Å²) >= 11 is 7.95. The summed E-state index contributed by atoms with van der Waals surface area (Å²) in [6.45, 7) is 1.22. The molecule has 0 saturated carbocycles. The molecule has 1 aliphatic rings. The maximum atomic E-state index is 13.3. The Morgan fingerprint density at radius 3 is 2.97 bits per heavy atom. The third kappa shape index (κ3) is 4.18. The molecule has 1 unspecified atom stereocenters. The average molecular weight is 466 g/mol. The number of hydrogen-bond donors (Lipinski definition) is 1. The summed E-state index contributed by atoms with van der Waals surface area (Å²) in [6, 6.07) is 16.1. The number of nitrogens with one attached hydrogen (secondary N) is 1. The van der Waals surface area contributed by atoms with E-state index in [1.165, 1.54) is 16.0 Å². The summed E-state index contributed by atoms with van der Waals surface area (Å²) in [7, 11) is 1.69. The number of aryl methyl sites for hydroxylation is 1. The molecular formula is C25H24ClN3O2S. The highest BCUT2D eigenvalue weighted by molar-refractivity contribution is 7.18. The quantitative estimate of drug-likeness (QED) is 0.443. The molecule has 0 amide bonds. The van der Waals surface area contributed by atoms with Crippen LogP contribution in [0.15, 0.2) is 59.7 Å². The van der Waals surface area contributed by atoms with Crippen molar-refractivity contribution in [2.24, 2.45) is 0 Å². The molecule has 5 nitrogen and oxygen atoms in total. The van der Waals surface area contributed by atoms with E-state index in [0.29, 0.717) is 17.6 Å². The normalized spacial score (nSPS) is 15.6. The molecule has 0 spiro atoms. The zero-order chi connectivity index (χ0) is 22.1. The van der Waals surface area contributed by atoms with Gasteiger partial charge in [-0.15, -0.1) is 11.3 Å². The van der Waals surface area contributed by atoms with Crippen LogP contribution in [-0.4, -0.2) is 22.7 Å². The number of hydrogen-bond acceptors (Lipinski definition) is 5. The zero-order valence-electron chi connectivity index (χ0n) is 17.8. The van der Waals surface area contributed by atoms with E-state index in [9.17, 15) is 4.79 Å². The number of nitrogens with zero attached hydrogens (tertiary/aromatic N) is 2. The molecule has 2 heterocycles. The van der Waals surface area contributed by atoms with Gasteiger partial charge in [0.15, 0.2) is 0 Å². The first-order valence-electron chi connectivity index (χ1n) is 10.7. The molecule has 1 atom stereocenters. The minimum atomic E-state index is 0.0233. The van der Waals surface area contributed by atoms with Crippen LogP contribution >= 0.6 is 22.9 Å². The van der Waals surface area contributed by atoms with E-state index >= 15 is 0 Å². The lowest BCUT2D eigenvalue weighted by atomic mass is 9.93. The molecule has 32 heavy (non-hydrogen) atoms. The fourth-order valence-corrected chi connectivity index (χ4v) is 5.80. The summed E-state index contributed by atoms with van der Waals surface area (Å²) < 4.78 is 6.99. The second-order valence-corrected chi connectivity index (χ2v) is 9.62. The van der Waals surface area contributed by atoms with E-state index in [4.69, 9.17) is 16.3 Å². The summed E-state index contributed by atoms with van der Waals surface area (Å²) in [5, 5.41) is 5.12. The van der Waals surface area contributed by atoms with E-state index in [-0.39, 0.29) is 5.56 Å². The monoisotopic (exact) mass is 465 g/mol. The van der Waals surface area contributed by atoms with E-state index < -0.39 is 0 Å². The van der Waals surface area contributed by atoms with E-state index in [2.05, 4.69) is 22.4 Å². The number of halogens is 1. The van der Waals surface area contributed by atoms with Gasteiger partial charge in [-0.2, -0.15) is 0 Å². The van der Waals surface area contributed by atoms with Gasteiger partial charge >= 0.3 is 0 Å². The Kier molecular flexibility index (Phi) is 6.00. The Morgan fingerprint density at radius 1 is 1.25 bits per heavy atom. The Bertz CT molecular complexity index is 1330. The zero-order valence-corrected chi connectivity index (χ0v) is 19.4. The van der Waals surface area contributed by atoms with E-state index in [1.54, 1.807) is 29.3 Å². The Morgan fingerprint density at radius 2 is 2.12 bits per heavy atom. The Balaban J connectivity index is 1.35. The summed E-state index contributed by atoms with van der Waals surface area (Å²) in [6.07, 6.45) is 4.46. The molecular weight excluding hydrogens is 442 g/mol. The Labute approximate surface area is 195 Å². The van der Waals surface area contributed by atoms with Crippen LogP contribution in [0, 0.1) is 0 Å². The first kappa shape index (κ1) is 21.2. The van der Waals surface area contributed by atoms with Crippen LogP contribution in [-0.2, 0) is 25.9 Å². The SMILES string of the molecule is COc1cccc(CNC2CCc3c(sc4ncn(Cc5ccccc5Cl)c(=O)c34)C2)c1. The maximum Gasteiger partial charge on any atom is 0.262 e. The number of methoxy groups -OCH3 is 1. The lowest BCUT2D eigenvalue weighted by molar-refractivity contribution is 0.413. The highest BCUT2D eigenvalue weighted by atomic mass is 35.5. The van der Waals surface area contributed by atoms with Crippen molar-refractivity contribution < 1.29 is 4.74 Å². The topological polar surface area (TPSA) is 56.1 Å². The van der Waals surface area contributed by atoms with Gasteiger partial charge in [0.1, 0.15) is 10.6 Å². The second-order valence-electron chi connectivity index (χ2n) is 8.13. The fraction of sp³-hybridized carbons (Fsp3) is 0.280. The van der Waals surface area contributed by atoms with Crippen LogP contribution in [0.3, 0.4) is 0 Å². The molecule has 5 rings (SSSR count). The standard InChI is InChI=1S/C25H24ClN3O2S/c1-31-19-7-4-5-16(11-19)13-27-18-9-10-20-22(12-18)32-24-23(20)25(30)29(15-28-24)14-17-6-2-3-8-21(17)26/h2-8,11,15,18,27H,9-10,12-14H2,1H3. The number of benzene rings is 2. The molecule has 0 saturated heterocycles. The second kappa shape index (κ2) is 9.06. The maximum absolute atomic E-state index is 13.3. The van der Waals surface area contributed by atoms with Crippen molar-refractivity contribution in [3.05, 3.63) is 91.8 Å². The van der Waals surface area contributed by atoms with Gasteiger partial charge in [-0.1, -0.05) is 41.9 Å². The van der Waals surface area contributed by atoms with Crippen molar-refractivity contribution in [1.29, 1.82) is 0 Å². The van der Waals surface area contributed by atoms with Gasteiger partial charge in [0.2, 0.25) is 0 Å². The van der Waals surface area contributed by atoms with Crippen molar-refractivity contribution in [3.8, 4) is 5.75 Å². The van der Waals surface area contributed by atoms with Crippen molar-refractivity contribution in [2.45, 2.75) is 38.4 Å². The third-order valence-corrected chi connectivity index (χ3v) is 7.59. The number of thiophene rings is 1. The number of ether oxygens (including phenoxy) is 1. The highest BCUT2D eigenvalue weighted by Gasteiger charge is 2.25. The smallest absolute Gasteiger partial charge is 0.262 e. The first-order valence-corrected chi connectivity index (χ1v) is 11.9. The first-order chi connectivity index (χ1) is 15.6. The summed E-state index contributed by atoms with van der Waals surface area (Å²) in [5.74, 6) is 0.874. The average Bonchev–Trinajstić information content (AvgIpc) is 3.19. The number of rotatable bonds is 6. The molecule has 0 radical (unpaired) electrons. The molecule has 2 aromatic carbocycles. The molecule has 1 N–H and O–H groups in total. The van der Waals surface area contributed by atoms with Crippen molar-refractivity contribution >= 4 is 33.2 Å². The largest absolute Gasteiger partial charge is 0.497 e. The van der Waals surface area contributed by atoms with Gasteiger partial charge in [-0.3, -0.25) is 9.36 Å². The van der Waals surface area contributed by atoms with Crippen molar-refractivity contribution in [2.75, 3.05) is 7.11 Å². The van der Waals surface area contributed by atoms with Crippen LogP contribution in [0.2, 0.25) is 5.02 Å².